The van der Waals surface area contributed by atoms with Gasteiger partial charge >= 0.3 is 5.69 Å². The number of ether oxygens (including phenoxy) is 2. The third-order valence-electron chi connectivity index (χ3n) is 1.97. The van der Waals surface area contributed by atoms with E-state index in [1.165, 1.54) is 12.1 Å². The fourth-order valence-electron chi connectivity index (χ4n) is 1.40. The van der Waals surface area contributed by atoms with Gasteiger partial charge in [0.15, 0.2) is 5.75 Å². The van der Waals surface area contributed by atoms with Crippen molar-refractivity contribution in [3.8, 4) is 17.2 Å². The predicted molar refractivity (Wildman–Crippen MR) is 50.1 cm³/mol. The number of nitro groups is 1. The zero-order valence-electron chi connectivity index (χ0n) is 8.18. The van der Waals surface area contributed by atoms with Crippen LogP contribution in [0.25, 0.3) is 0 Å². The van der Waals surface area contributed by atoms with Crippen LogP contribution in [0.3, 0.4) is 0 Å². The van der Waals surface area contributed by atoms with Gasteiger partial charge in [-0.1, -0.05) is 0 Å². The van der Waals surface area contributed by atoms with Crippen molar-refractivity contribution in [3.05, 3.63) is 22.2 Å². The molecule has 0 saturated carbocycles. The Morgan fingerprint density at radius 2 is 2.07 bits per heavy atom. The lowest BCUT2D eigenvalue weighted by Crippen LogP contribution is -2.29. The molecule has 0 bridgehead atoms. The number of hydrogen-bond acceptors (Lipinski definition) is 5. The first-order valence-electron chi connectivity index (χ1n) is 4.29. The van der Waals surface area contributed by atoms with Crippen molar-refractivity contribution in [1.29, 1.82) is 0 Å². The first-order valence-corrected chi connectivity index (χ1v) is 4.29. The summed E-state index contributed by atoms with van der Waals surface area (Å²) in [4.78, 5) is 9.86. The Hall–Kier alpha value is -1.98. The molecule has 0 amide bonds. The maximum Gasteiger partial charge on any atom is 0.314 e. The summed E-state index contributed by atoms with van der Waals surface area (Å²) in [6.07, 6.45) is 0. The molecule has 0 unspecified atom stereocenters. The second kappa shape index (κ2) is 2.75. The monoisotopic (exact) mass is 211 g/mol. The minimum absolute atomic E-state index is 0.0224. The molecule has 1 aromatic carbocycles. The number of rotatable bonds is 1. The summed E-state index contributed by atoms with van der Waals surface area (Å²) in [6.45, 7) is 3.30. The van der Waals surface area contributed by atoms with Gasteiger partial charge in [0.1, 0.15) is 0 Å². The Kier molecular flexibility index (Phi) is 1.76. The molecule has 0 spiro atoms. The Morgan fingerprint density at radius 1 is 1.40 bits per heavy atom. The Labute approximate surface area is 85.2 Å². The summed E-state index contributed by atoms with van der Waals surface area (Å²) in [6, 6.07) is 2.58. The molecule has 1 N–H and O–H groups in total. The summed E-state index contributed by atoms with van der Waals surface area (Å²) in [7, 11) is 0. The molecular formula is C9H9NO5. The first-order chi connectivity index (χ1) is 6.91. The van der Waals surface area contributed by atoms with E-state index in [2.05, 4.69) is 0 Å². The average Bonchev–Trinajstić information content (AvgIpc) is 2.40. The minimum Gasteiger partial charge on any atom is -0.499 e. The van der Waals surface area contributed by atoms with Gasteiger partial charge in [0.2, 0.25) is 17.3 Å². The molecule has 0 saturated heterocycles. The van der Waals surface area contributed by atoms with Crippen molar-refractivity contribution in [2.24, 2.45) is 0 Å². The van der Waals surface area contributed by atoms with E-state index in [1.807, 2.05) is 0 Å². The summed E-state index contributed by atoms with van der Waals surface area (Å²) >= 11 is 0. The molecule has 0 radical (unpaired) electrons. The van der Waals surface area contributed by atoms with Crippen molar-refractivity contribution < 1.29 is 19.5 Å². The molecule has 1 aromatic rings. The van der Waals surface area contributed by atoms with E-state index < -0.39 is 22.1 Å². The maximum absolute atomic E-state index is 10.5. The molecule has 0 aromatic heterocycles. The van der Waals surface area contributed by atoms with E-state index in [-0.39, 0.29) is 5.75 Å². The SMILES string of the molecule is CC1(C)Oc2ccc([N+](=O)[O-])c(O)c2O1. The lowest BCUT2D eigenvalue weighted by Gasteiger charge is -2.16. The zero-order valence-corrected chi connectivity index (χ0v) is 8.18. The van der Waals surface area contributed by atoms with Gasteiger partial charge < -0.3 is 14.6 Å². The van der Waals surface area contributed by atoms with E-state index in [1.54, 1.807) is 13.8 Å². The number of phenolic OH excluding ortho intramolecular Hbond substituents is 1. The summed E-state index contributed by atoms with van der Waals surface area (Å²) in [5, 5.41) is 20.1. The molecule has 2 rings (SSSR count). The molecule has 1 aliphatic heterocycles. The number of nitro benzene ring substituents is 1. The maximum atomic E-state index is 10.5. The van der Waals surface area contributed by atoms with Gasteiger partial charge in [-0.2, -0.15) is 0 Å². The van der Waals surface area contributed by atoms with Gasteiger partial charge in [0.05, 0.1) is 4.92 Å². The Morgan fingerprint density at radius 3 is 2.67 bits per heavy atom. The van der Waals surface area contributed by atoms with E-state index in [0.717, 1.165) is 0 Å². The Balaban J connectivity index is 2.53. The van der Waals surface area contributed by atoms with Crippen molar-refractivity contribution in [1.82, 2.24) is 0 Å². The quantitative estimate of drug-likeness (QED) is 0.565. The predicted octanol–water partition coefficient (Wildman–Crippen LogP) is 1.81. The number of nitrogens with zero attached hydrogens (tertiary/aromatic N) is 1. The van der Waals surface area contributed by atoms with Gasteiger partial charge in [0.25, 0.3) is 0 Å². The standard InChI is InChI=1S/C9H9NO5/c1-9(2)14-6-4-3-5(10(12)13)7(11)8(6)15-9/h3-4,11H,1-2H3. The minimum atomic E-state index is -0.908. The van der Waals surface area contributed by atoms with E-state index in [9.17, 15) is 15.2 Å². The van der Waals surface area contributed by atoms with Crippen LogP contribution in [0, 0.1) is 10.1 Å². The van der Waals surface area contributed by atoms with Crippen LogP contribution in [0.1, 0.15) is 13.8 Å². The van der Waals surface area contributed by atoms with Crippen molar-refractivity contribution in [2.45, 2.75) is 19.6 Å². The number of aromatic hydroxyl groups is 1. The van der Waals surface area contributed by atoms with Crippen molar-refractivity contribution in [3.63, 3.8) is 0 Å². The topological polar surface area (TPSA) is 81.8 Å². The first kappa shape index (κ1) is 9.57. The second-order valence-corrected chi connectivity index (χ2v) is 3.62. The lowest BCUT2D eigenvalue weighted by atomic mass is 10.2. The molecule has 0 aliphatic carbocycles. The van der Waals surface area contributed by atoms with Gasteiger partial charge in [-0.05, 0) is 6.07 Å². The summed E-state index contributed by atoms with van der Waals surface area (Å²) in [5.41, 5.74) is -0.393. The molecular weight excluding hydrogens is 202 g/mol. The smallest absolute Gasteiger partial charge is 0.314 e. The molecule has 0 atom stereocenters. The van der Waals surface area contributed by atoms with E-state index in [0.29, 0.717) is 5.75 Å². The number of fused-ring (bicyclic) bond motifs is 1. The van der Waals surface area contributed by atoms with Crippen LogP contribution in [0.15, 0.2) is 12.1 Å². The van der Waals surface area contributed by atoms with Crippen molar-refractivity contribution >= 4 is 5.69 Å². The highest BCUT2D eigenvalue weighted by atomic mass is 16.7. The highest BCUT2D eigenvalue weighted by Crippen LogP contribution is 2.49. The zero-order chi connectivity index (χ0) is 11.2. The molecule has 6 nitrogen and oxygen atoms in total. The van der Waals surface area contributed by atoms with Crippen LogP contribution >= 0.6 is 0 Å². The molecule has 0 fully saturated rings. The summed E-state index contributed by atoms with van der Waals surface area (Å²) in [5.74, 6) is -1.07. The van der Waals surface area contributed by atoms with Gasteiger partial charge in [-0.15, -0.1) is 0 Å². The molecule has 15 heavy (non-hydrogen) atoms. The van der Waals surface area contributed by atoms with Gasteiger partial charge in [-0.3, -0.25) is 10.1 Å². The van der Waals surface area contributed by atoms with Crippen LogP contribution in [0.5, 0.6) is 17.2 Å². The van der Waals surface area contributed by atoms with Crippen molar-refractivity contribution in [2.75, 3.05) is 0 Å². The number of benzene rings is 1. The molecule has 80 valence electrons. The van der Waals surface area contributed by atoms with Crippen LogP contribution in [0.2, 0.25) is 0 Å². The molecule has 6 heteroatoms. The highest BCUT2D eigenvalue weighted by Gasteiger charge is 2.36. The van der Waals surface area contributed by atoms with E-state index >= 15 is 0 Å². The fraction of sp³-hybridized carbons (Fsp3) is 0.333. The van der Waals surface area contributed by atoms with E-state index in [4.69, 9.17) is 9.47 Å². The lowest BCUT2D eigenvalue weighted by molar-refractivity contribution is -0.385. The van der Waals surface area contributed by atoms with Crippen LogP contribution < -0.4 is 9.47 Å². The van der Waals surface area contributed by atoms with Gasteiger partial charge in [0, 0.05) is 19.9 Å². The van der Waals surface area contributed by atoms with Crippen LogP contribution in [-0.4, -0.2) is 15.8 Å². The number of hydrogen-bond donors (Lipinski definition) is 1. The highest BCUT2D eigenvalue weighted by molar-refractivity contribution is 5.62. The normalized spacial score (nSPS) is 16.4. The summed E-state index contributed by atoms with van der Waals surface area (Å²) < 4.78 is 10.5. The largest absolute Gasteiger partial charge is 0.499 e. The van der Waals surface area contributed by atoms with Gasteiger partial charge in [-0.25, -0.2) is 0 Å². The van der Waals surface area contributed by atoms with Crippen LogP contribution in [0.4, 0.5) is 5.69 Å². The third kappa shape index (κ3) is 1.43. The number of phenols is 1. The average molecular weight is 211 g/mol. The third-order valence-corrected chi connectivity index (χ3v) is 1.97. The molecule has 1 aliphatic rings. The second-order valence-electron chi connectivity index (χ2n) is 3.62. The van der Waals surface area contributed by atoms with Crippen LogP contribution in [-0.2, 0) is 0 Å². The molecule has 1 heterocycles. The Bertz CT molecular complexity index is 440. The fourth-order valence-corrected chi connectivity index (χ4v) is 1.40.